The fourth-order valence-corrected chi connectivity index (χ4v) is 4.68. The van der Waals surface area contributed by atoms with Gasteiger partial charge in [-0.3, -0.25) is 0 Å². The minimum Gasteiger partial charge on any atom is -0.454 e. The molecule has 3 aromatic carbocycles. The lowest BCUT2D eigenvalue weighted by molar-refractivity contribution is 0.602. The second-order valence-electron chi connectivity index (χ2n) is 8.39. The van der Waals surface area contributed by atoms with Crippen molar-refractivity contribution in [2.75, 3.05) is 5.32 Å². The molecule has 1 heterocycles. The number of anilines is 2. The van der Waals surface area contributed by atoms with Gasteiger partial charge in [-0.25, -0.2) is 0 Å². The first kappa shape index (κ1) is 18.5. The topological polar surface area (TPSA) is 25.2 Å². The van der Waals surface area contributed by atoms with Crippen LogP contribution < -0.4 is 5.32 Å². The van der Waals surface area contributed by atoms with Crippen LogP contribution in [0.5, 0.6) is 0 Å². The molecule has 0 saturated carbocycles. The zero-order chi connectivity index (χ0) is 20.9. The van der Waals surface area contributed by atoms with Crippen LogP contribution in [0.2, 0.25) is 0 Å². The molecule has 1 aromatic heterocycles. The summed E-state index contributed by atoms with van der Waals surface area (Å²) >= 11 is 0. The van der Waals surface area contributed by atoms with E-state index in [4.69, 9.17) is 4.42 Å². The Morgan fingerprint density at radius 3 is 2.47 bits per heavy atom. The standard InChI is InChI=1S/C28H25NO/c1-5-6-17-25-18(2)19-12-9-16-24(27(19)30-25)29-23-15-10-14-22-26(23)20-11-7-8-13-21(20)28(22,3)4/h5-17,29H,1H2,2-4H3/b17-6-. The quantitative estimate of drug-likeness (QED) is 0.357. The van der Waals surface area contributed by atoms with Gasteiger partial charge in [0, 0.05) is 27.6 Å². The molecule has 5 rings (SSSR count). The van der Waals surface area contributed by atoms with Crippen molar-refractivity contribution in [1.29, 1.82) is 0 Å². The first-order valence-corrected chi connectivity index (χ1v) is 10.3. The van der Waals surface area contributed by atoms with Gasteiger partial charge in [0.1, 0.15) is 5.76 Å². The van der Waals surface area contributed by atoms with Gasteiger partial charge >= 0.3 is 0 Å². The Bertz CT molecular complexity index is 1320. The molecule has 0 saturated heterocycles. The number of aryl methyl sites for hydroxylation is 1. The Morgan fingerprint density at radius 1 is 0.900 bits per heavy atom. The maximum atomic E-state index is 6.24. The van der Waals surface area contributed by atoms with E-state index < -0.39 is 0 Å². The van der Waals surface area contributed by atoms with E-state index in [1.165, 1.54) is 22.3 Å². The summed E-state index contributed by atoms with van der Waals surface area (Å²) in [5.41, 5.74) is 9.39. The Labute approximate surface area is 177 Å². The van der Waals surface area contributed by atoms with E-state index in [1.54, 1.807) is 6.08 Å². The Hall–Kier alpha value is -3.52. The monoisotopic (exact) mass is 391 g/mol. The van der Waals surface area contributed by atoms with Gasteiger partial charge in [0.05, 0.1) is 5.69 Å². The Morgan fingerprint density at radius 2 is 1.63 bits per heavy atom. The molecule has 30 heavy (non-hydrogen) atoms. The number of para-hydroxylation sites is 1. The second kappa shape index (κ2) is 6.77. The largest absolute Gasteiger partial charge is 0.454 e. The van der Waals surface area contributed by atoms with E-state index in [2.05, 4.69) is 93.3 Å². The van der Waals surface area contributed by atoms with Crippen LogP contribution in [0.4, 0.5) is 11.4 Å². The van der Waals surface area contributed by atoms with E-state index in [-0.39, 0.29) is 5.41 Å². The lowest BCUT2D eigenvalue weighted by Gasteiger charge is -2.21. The Balaban J connectivity index is 1.66. The van der Waals surface area contributed by atoms with Crippen LogP contribution in [0, 0.1) is 6.92 Å². The molecule has 0 amide bonds. The van der Waals surface area contributed by atoms with Gasteiger partial charge in [0.2, 0.25) is 0 Å². The van der Waals surface area contributed by atoms with Crippen molar-refractivity contribution in [3.8, 4) is 11.1 Å². The zero-order valence-corrected chi connectivity index (χ0v) is 17.6. The smallest absolute Gasteiger partial charge is 0.158 e. The zero-order valence-electron chi connectivity index (χ0n) is 17.6. The molecule has 0 aliphatic heterocycles. The number of furan rings is 1. The van der Waals surface area contributed by atoms with Crippen LogP contribution in [0.25, 0.3) is 28.2 Å². The highest BCUT2D eigenvalue weighted by Crippen LogP contribution is 2.51. The fraction of sp³-hybridized carbons (Fsp3) is 0.143. The average molecular weight is 392 g/mol. The molecule has 0 bridgehead atoms. The minimum absolute atomic E-state index is 0.0143. The summed E-state index contributed by atoms with van der Waals surface area (Å²) in [7, 11) is 0. The molecule has 1 aliphatic rings. The third-order valence-electron chi connectivity index (χ3n) is 6.26. The first-order valence-electron chi connectivity index (χ1n) is 10.3. The fourth-order valence-electron chi connectivity index (χ4n) is 4.68. The van der Waals surface area contributed by atoms with Crippen LogP contribution in [0.15, 0.2) is 83.8 Å². The van der Waals surface area contributed by atoms with Gasteiger partial charge in [-0.1, -0.05) is 81.1 Å². The lowest BCUT2D eigenvalue weighted by atomic mass is 9.82. The first-order chi connectivity index (χ1) is 14.5. The van der Waals surface area contributed by atoms with Crippen molar-refractivity contribution < 1.29 is 4.42 Å². The molecule has 148 valence electrons. The summed E-state index contributed by atoms with van der Waals surface area (Å²) in [5, 5.41) is 4.81. The highest BCUT2D eigenvalue weighted by molar-refractivity contribution is 5.98. The highest BCUT2D eigenvalue weighted by atomic mass is 16.3. The summed E-state index contributed by atoms with van der Waals surface area (Å²) in [4.78, 5) is 0. The summed E-state index contributed by atoms with van der Waals surface area (Å²) in [6.45, 7) is 10.5. The van der Waals surface area contributed by atoms with Crippen LogP contribution >= 0.6 is 0 Å². The van der Waals surface area contributed by atoms with Gasteiger partial charge in [-0.05, 0) is 41.8 Å². The molecule has 0 atom stereocenters. The molecule has 2 heteroatoms. The van der Waals surface area contributed by atoms with Crippen molar-refractivity contribution in [2.45, 2.75) is 26.2 Å². The molecule has 1 N–H and O–H groups in total. The van der Waals surface area contributed by atoms with Gasteiger partial charge in [-0.15, -0.1) is 0 Å². The van der Waals surface area contributed by atoms with E-state index in [0.29, 0.717) is 0 Å². The van der Waals surface area contributed by atoms with Crippen LogP contribution in [0.3, 0.4) is 0 Å². The van der Waals surface area contributed by atoms with Crippen LogP contribution in [0.1, 0.15) is 36.3 Å². The Kier molecular flexibility index (Phi) is 4.18. The molecule has 0 spiro atoms. The maximum Gasteiger partial charge on any atom is 0.158 e. The SMILES string of the molecule is C=C/C=C\c1oc2c(Nc3cccc4c3-c3ccccc3C4(C)C)cccc2c1C. The summed E-state index contributed by atoms with van der Waals surface area (Å²) in [5.74, 6) is 0.865. The molecular formula is C28H25NO. The molecular weight excluding hydrogens is 366 g/mol. The van der Waals surface area contributed by atoms with E-state index in [0.717, 1.165) is 33.7 Å². The number of fused-ring (bicyclic) bond motifs is 4. The van der Waals surface area contributed by atoms with E-state index in [1.807, 2.05) is 12.2 Å². The van der Waals surface area contributed by atoms with Crippen LogP contribution in [-0.4, -0.2) is 0 Å². The molecule has 0 radical (unpaired) electrons. The highest BCUT2D eigenvalue weighted by Gasteiger charge is 2.36. The summed E-state index contributed by atoms with van der Waals surface area (Å²) < 4.78 is 6.24. The molecule has 2 nitrogen and oxygen atoms in total. The second-order valence-corrected chi connectivity index (χ2v) is 8.39. The number of nitrogens with one attached hydrogen (secondary N) is 1. The summed E-state index contributed by atoms with van der Waals surface area (Å²) in [6.07, 6.45) is 5.63. The molecule has 0 fully saturated rings. The predicted molar refractivity (Wildman–Crippen MR) is 127 cm³/mol. The normalized spacial score (nSPS) is 14.1. The third kappa shape index (κ3) is 2.64. The van der Waals surface area contributed by atoms with Crippen molar-refractivity contribution in [3.05, 3.63) is 102 Å². The number of benzene rings is 3. The number of hydrogen-bond donors (Lipinski definition) is 1. The molecule has 4 aromatic rings. The maximum absolute atomic E-state index is 6.24. The molecule has 1 aliphatic carbocycles. The van der Waals surface area contributed by atoms with Crippen molar-refractivity contribution in [1.82, 2.24) is 0 Å². The van der Waals surface area contributed by atoms with Gasteiger partial charge < -0.3 is 9.73 Å². The van der Waals surface area contributed by atoms with Gasteiger partial charge in [0.15, 0.2) is 5.58 Å². The number of allylic oxidation sites excluding steroid dienone is 2. The number of hydrogen-bond acceptors (Lipinski definition) is 2. The molecule has 0 unspecified atom stereocenters. The van der Waals surface area contributed by atoms with Gasteiger partial charge in [-0.2, -0.15) is 0 Å². The predicted octanol–water partition coefficient (Wildman–Crippen LogP) is 7.99. The third-order valence-corrected chi connectivity index (χ3v) is 6.26. The minimum atomic E-state index is -0.0143. The van der Waals surface area contributed by atoms with E-state index in [9.17, 15) is 0 Å². The average Bonchev–Trinajstić information content (AvgIpc) is 3.20. The van der Waals surface area contributed by atoms with Gasteiger partial charge in [0.25, 0.3) is 0 Å². The number of rotatable bonds is 4. The lowest BCUT2D eigenvalue weighted by Crippen LogP contribution is -2.14. The van der Waals surface area contributed by atoms with Crippen LogP contribution in [-0.2, 0) is 5.41 Å². The summed E-state index contributed by atoms with van der Waals surface area (Å²) in [6, 6.07) is 21.5. The van der Waals surface area contributed by atoms with Crippen molar-refractivity contribution in [3.63, 3.8) is 0 Å². The van der Waals surface area contributed by atoms with Crippen molar-refractivity contribution >= 4 is 28.4 Å². The van der Waals surface area contributed by atoms with Crippen molar-refractivity contribution in [2.24, 2.45) is 0 Å². The van der Waals surface area contributed by atoms with E-state index >= 15 is 0 Å².